The zero-order chi connectivity index (χ0) is 18.0. The number of para-hydroxylation sites is 1. The van der Waals surface area contributed by atoms with Crippen molar-refractivity contribution in [2.45, 2.75) is 38.3 Å². The van der Waals surface area contributed by atoms with Gasteiger partial charge in [0.15, 0.2) is 6.61 Å². The molecule has 0 N–H and O–H groups in total. The molecule has 0 radical (unpaired) electrons. The number of carbonyl (C=O) groups is 3. The van der Waals surface area contributed by atoms with E-state index in [2.05, 4.69) is 0 Å². The molecule has 0 spiro atoms. The van der Waals surface area contributed by atoms with Gasteiger partial charge >= 0.3 is 5.97 Å². The van der Waals surface area contributed by atoms with Gasteiger partial charge in [-0.3, -0.25) is 14.5 Å². The lowest BCUT2D eigenvalue weighted by molar-refractivity contribution is -0.155. The molecule has 7 nitrogen and oxygen atoms in total. The summed E-state index contributed by atoms with van der Waals surface area (Å²) in [7, 11) is 0. The molecule has 1 atom stereocenters. The minimum atomic E-state index is -1.49. The number of nitriles is 1. The average molecular weight is 341 g/mol. The van der Waals surface area contributed by atoms with Crippen molar-refractivity contribution in [1.29, 1.82) is 5.26 Å². The number of nitrogens with zero attached hydrogens (tertiary/aromatic N) is 3. The Morgan fingerprint density at radius 2 is 2.12 bits per heavy atom. The first kappa shape index (κ1) is 17.0. The Morgan fingerprint density at radius 3 is 2.84 bits per heavy atom. The van der Waals surface area contributed by atoms with Crippen LogP contribution >= 0.6 is 0 Å². The van der Waals surface area contributed by atoms with E-state index < -0.39 is 18.2 Å². The molecule has 25 heavy (non-hydrogen) atoms. The molecule has 0 saturated carbocycles. The quantitative estimate of drug-likeness (QED) is 0.762. The van der Waals surface area contributed by atoms with Crippen LogP contribution in [0, 0.1) is 11.3 Å². The molecule has 3 rings (SSSR count). The third-order valence-corrected chi connectivity index (χ3v) is 4.70. The summed E-state index contributed by atoms with van der Waals surface area (Å²) in [5.74, 6) is -1.24. The Hall–Kier alpha value is -2.88. The van der Waals surface area contributed by atoms with Crippen LogP contribution in [0.4, 0.5) is 5.69 Å². The van der Waals surface area contributed by atoms with Gasteiger partial charge in [-0.05, 0) is 18.6 Å². The number of benzene rings is 1. The molecule has 130 valence electrons. The van der Waals surface area contributed by atoms with E-state index in [1.807, 2.05) is 6.92 Å². The maximum absolute atomic E-state index is 13.1. The minimum absolute atomic E-state index is 0.145. The first-order valence-corrected chi connectivity index (χ1v) is 8.36. The largest absolute Gasteiger partial charge is 0.447 e. The van der Waals surface area contributed by atoms with Crippen molar-refractivity contribution >= 4 is 23.5 Å². The van der Waals surface area contributed by atoms with E-state index in [1.54, 1.807) is 30.3 Å². The Bertz CT molecular complexity index is 770. The van der Waals surface area contributed by atoms with Gasteiger partial charge in [0.25, 0.3) is 5.91 Å². The number of hydrogen-bond donors (Lipinski definition) is 0. The molecule has 2 amide bonds. The molecule has 1 aromatic carbocycles. The van der Waals surface area contributed by atoms with E-state index in [0.717, 1.165) is 6.42 Å². The van der Waals surface area contributed by atoms with Gasteiger partial charge in [-0.15, -0.1) is 0 Å². The number of unbranched alkanes of at least 4 members (excludes halogenated alkanes) is 1. The van der Waals surface area contributed by atoms with Crippen LogP contribution in [0.3, 0.4) is 0 Å². The number of carbonyl (C=O) groups excluding carboxylic acids is 3. The van der Waals surface area contributed by atoms with Crippen molar-refractivity contribution in [2.24, 2.45) is 0 Å². The molecule has 2 aliphatic heterocycles. The lowest BCUT2D eigenvalue weighted by Gasteiger charge is -2.48. The van der Waals surface area contributed by atoms with Crippen molar-refractivity contribution < 1.29 is 19.1 Å². The second kappa shape index (κ2) is 6.55. The van der Waals surface area contributed by atoms with Crippen molar-refractivity contribution in [2.75, 3.05) is 18.1 Å². The van der Waals surface area contributed by atoms with Gasteiger partial charge in [0.1, 0.15) is 6.07 Å². The van der Waals surface area contributed by atoms with Gasteiger partial charge < -0.3 is 9.64 Å². The maximum Gasteiger partial charge on any atom is 0.354 e. The second-order valence-electron chi connectivity index (χ2n) is 6.11. The van der Waals surface area contributed by atoms with Crippen LogP contribution in [0.1, 0.15) is 43.0 Å². The molecule has 1 fully saturated rings. The summed E-state index contributed by atoms with van der Waals surface area (Å²) >= 11 is 0. The average Bonchev–Trinajstić information content (AvgIpc) is 2.98. The number of esters is 1. The van der Waals surface area contributed by atoms with Crippen LogP contribution in [0.2, 0.25) is 0 Å². The predicted molar refractivity (Wildman–Crippen MR) is 88.4 cm³/mol. The Morgan fingerprint density at radius 1 is 1.36 bits per heavy atom. The van der Waals surface area contributed by atoms with Crippen LogP contribution in [-0.2, 0) is 14.3 Å². The number of hydrogen-bond acceptors (Lipinski definition) is 5. The first-order valence-electron chi connectivity index (χ1n) is 8.36. The van der Waals surface area contributed by atoms with Gasteiger partial charge in [0.2, 0.25) is 11.6 Å². The van der Waals surface area contributed by atoms with Crippen LogP contribution in [0.5, 0.6) is 0 Å². The fourth-order valence-corrected chi connectivity index (χ4v) is 3.58. The topological polar surface area (TPSA) is 90.7 Å². The lowest BCUT2D eigenvalue weighted by atomic mass is 9.96. The molecule has 0 aliphatic carbocycles. The highest BCUT2D eigenvalue weighted by Crippen LogP contribution is 2.45. The van der Waals surface area contributed by atoms with Crippen molar-refractivity contribution in [3.05, 3.63) is 29.8 Å². The normalized spacial score (nSPS) is 21.6. The molecule has 2 aliphatic rings. The Kier molecular flexibility index (Phi) is 4.45. The molecular formula is C18H19N3O4. The van der Waals surface area contributed by atoms with Gasteiger partial charge in [-0.2, -0.15) is 5.26 Å². The minimum Gasteiger partial charge on any atom is -0.447 e. The Labute approximate surface area is 145 Å². The van der Waals surface area contributed by atoms with Crippen LogP contribution in [0.25, 0.3) is 0 Å². The SMILES string of the molecule is CCCCN1C(=O)c2ccccc2N2C(=O)CC[C@@]12C(=O)OCC#N. The lowest BCUT2D eigenvalue weighted by Crippen LogP contribution is -2.68. The molecule has 7 heteroatoms. The first-order chi connectivity index (χ1) is 12.1. The van der Waals surface area contributed by atoms with E-state index in [-0.39, 0.29) is 24.7 Å². The van der Waals surface area contributed by atoms with E-state index in [1.165, 1.54) is 9.80 Å². The highest BCUT2D eigenvalue weighted by molar-refractivity contribution is 6.15. The van der Waals surface area contributed by atoms with E-state index in [0.29, 0.717) is 24.2 Å². The molecule has 1 saturated heterocycles. The standard InChI is InChI=1S/C18H19N3O4/c1-2-3-11-20-16(23)13-6-4-5-7-14(13)21-15(22)8-9-18(20,21)17(24)25-12-10-19/h4-7H,2-3,8-9,11-12H2,1H3/t18-/m1/s1. The fraction of sp³-hybridized carbons (Fsp3) is 0.444. The number of amides is 2. The highest BCUT2D eigenvalue weighted by Gasteiger charge is 2.61. The number of fused-ring (bicyclic) bond motifs is 3. The zero-order valence-electron chi connectivity index (χ0n) is 14.0. The predicted octanol–water partition coefficient (Wildman–Crippen LogP) is 1.83. The molecule has 0 aromatic heterocycles. The van der Waals surface area contributed by atoms with E-state index in [9.17, 15) is 14.4 Å². The fourth-order valence-electron chi connectivity index (χ4n) is 3.58. The van der Waals surface area contributed by atoms with Crippen molar-refractivity contribution in [3.8, 4) is 6.07 Å². The summed E-state index contributed by atoms with van der Waals surface area (Å²) in [6.07, 6.45) is 1.84. The van der Waals surface area contributed by atoms with Crippen molar-refractivity contribution in [1.82, 2.24) is 4.90 Å². The number of anilines is 1. The summed E-state index contributed by atoms with van der Waals surface area (Å²) in [6.45, 7) is 1.91. The smallest absolute Gasteiger partial charge is 0.354 e. The summed E-state index contributed by atoms with van der Waals surface area (Å²) in [5, 5.41) is 8.73. The van der Waals surface area contributed by atoms with Crippen LogP contribution in [0.15, 0.2) is 24.3 Å². The third-order valence-electron chi connectivity index (χ3n) is 4.70. The molecular weight excluding hydrogens is 322 g/mol. The zero-order valence-corrected chi connectivity index (χ0v) is 14.0. The van der Waals surface area contributed by atoms with E-state index >= 15 is 0 Å². The summed E-state index contributed by atoms with van der Waals surface area (Å²) < 4.78 is 5.07. The Balaban J connectivity index is 2.16. The summed E-state index contributed by atoms with van der Waals surface area (Å²) in [4.78, 5) is 41.4. The molecule has 0 unspecified atom stereocenters. The van der Waals surface area contributed by atoms with Crippen molar-refractivity contribution in [3.63, 3.8) is 0 Å². The van der Waals surface area contributed by atoms with E-state index in [4.69, 9.17) is 10.00 Å². The monoisotopic (exact) mass is 341 g/mol. The van der Waals surface area contributed by atoms with Gasteiger partial charge in [-0.1, -0.05) is 25.5 Å². The molecule has 1 aromatic rings. The molecule has 0 bridgehead atoms. The third kappa shape index (κ3) is 2.45. The number of ether oxygens (including phenoxy) is 1. The second-order valence-corrected chi connectivity index (χ2v) is 6.11. The maximum atomic E-state index is 13.1. The van der Waals surface area contributed by atoms with Crippen LogP contribution in [-0.4, -0.2) is 41.5 Å². The van der Waals surface area contributed by atoms with Gasteiger partial charge in [0, 0.05) is 19.4 Å². The summed E-state index contributed by atoms with van der Waals surface area (Å²) in [6, 6.07) is 8.55. The highest BCUT2D eigenvalue weighted by atomic mass is 16.5. The van der Waals surface area contributed by atoms with Crippen LogP contribution < -0.4 is 4.90 Å². The summed E-state index contributed by atoms with van der Waals surface area (Å²) in [5.41, 5.74) is -0.664. The van der Waals surface area contributed by atoms with Gasteiger partial charge in [-0.25, -0.2) is 4.79 Å². The van der Waals surface area contributed by atoms with Gasteiger partial charge in [0.05, 0.1) is 11.3 Å². The number of rotatable bonds is 5. The molecule has 2 heterocycles.